The van der Waals surface area contributed by atoms with E-state index in [1.54, 1.807) is 7.05 Å². The summed E-state index contributed by atoms with van der Waals surface area (Å²) in [5, 5.41) is 12.0. The number of carbonyl (C=O) groups excluding carboxylic acids is 2. The van der Waals surface area contributed by atoms with Gasteiger partial charge in [0.05, 0.1) is 12.0 Å². The van der Waals surface area contributed by atoms with Gasteiger partial charge in [0, 0.05) is 19.7 Å². The van der Waals surface area contributed by atoms with Gasteiger partial charge in [-0.2, -0.15) is 5.26 Å². The van der Waals surface area contributed by atoms with Gasteiger partial charge in [-0.3, -0.25) is 9.59 Å². The van der Waals surface area contributed by atoms with Gasteiger partial charge in [-0.1, -0.05) is 18.2 Å². The summed E-state index contributed by atoms with van der Waals surface area (Å²) in [4.78, 5) is 24.6. The largest absolute Gasteiger partial charge is 0.330 e. The first-order chi connectivity index (χ1) is 9.04. The maximum atomic E-state index is 12.0. The van der Waals surface area contributed by atoms with Crippen LogP contribution in [-0.4, -0.2) is 29.8 Å². The fraction of sp³-hybridized carbons (Fsp3) is 0.357. The van der Waals surface area contributed by atoms with Crippen molar-refractivity contribution in [3.8, 4) is 6.07 Å². The molecule has 98 valence electrons. The molecule has 2 atom stereocenters. The molecule has 1 N–H and O–H groups in total. The molecule has 1 aliphatic rings. The number of nitrogens with zero attached hydrogens (tertiary/aromatic N) is 2. The van der Waals surface area contributed by atoms with Crippen LogP contribution in [0.5, 0.6) is 0 Å². The van der Waals surface area contributed by atoms with Crippen LogP contribution in [0.2, 0.25) is 0 Å². The molecule has 5 nitrogen and oxygen atoms in total. The second kappa shape index (κ2) is 5.11. The third kappa shape index (κ3) is 2.43. The van der Waals surface area contributed by atoms with E-state index in [1.807, 2.05) is 24.3 Å². The number of hydrogen-bond acceptors (Lipinski definition) is 3. The van der Waals surface area contributed by atoms with Gasteiger partial charge in [-0.05, 0) is 18.1 Å². The summed E-state index contributed by atoms with van der Waals surface area (Å²) in [6.45, 7) is 1.41. The quantitative estimate of drug-likeness (QED) is 0.891. The van der Waals surface area contributed by atoms with Gasteiger partial charge >= 0.3 is 0 Å². The molecule has 0 saturated heterocycles. The molecule has 0 spiro atoms. The van der Waals surface area contributed by atoms with Crippen LogP contribution in [0.1, 0.15) is 24.8 Å². The summed E-state index contributed by atoms with van der Waals surface area (Å²) in [7, 11) is 1.58. The smallest absolute Gasteiger partial charge is 0.232 e. The van der Waals surface area contributed by atoms with E-state index in [1.165, 1.54) is 11.8 Å². The molecule has 0 aromatic heterocycles. The third-order valence-electron chi connectivity index (χ3n) is 3.48. The van der Waals surface area contributed by atoms with Crippen LogP contribution < -0.4 is 5.32 Å². The standard InChI is InChI=1S/C14H15N3O2/c1-9(18)17(2)10(8-15)7-12-11-5-3-4-6-13(11)16-14(12)19/h3-6,10,12H,7H2,1-2H3,(H,16,19). The highest BCUT2D eigenvalue weighted by atomic mass is 16.2. The Bertz CT molecular complexity index is 562. The molecule has 0 saturated carbocycles. The third-order valence-corrected chi connectivity index (χ3v) is 3.48. The molecule has 1 aromatic rings. The van der Waals surface area contributed by atoms with E-state index in [0.717, 1.165) is 11.3 Å². The minimum absolute atomic E-state index is 0.113. The lowest BCUT2D eigenvalue weighted by atomic mass is 9.93. The van der Waals surface area contributed by atoms with Crippen LogP contribution >= 0.6 is 0 Å². The van der Waals surface area contributed by atoms with Crippen molar-refractivity contribution in [3.63, 3.8) is 0 Å². The average molecular weight is 257 g/mol. The highest BCUT2D eigenvalue weighted by Crippen LogP contribution is 2.35. The predicted octanol–water partition coefficient (Wildman–Crippen LogP) is 1.48. The van der Waals surface area contributed by atoms with Crippen molar-refractivity contribution in [1.82, 2.24) is 4.90 Å². The summed E-state index contributed by atoms with van der Waals surface area (Å²) < 4.78 is 0. The molecular weight excluding hydrogens is 242 g/mol. The van der Waals surface area contributed by atoms with E-state index in [9.17, 15) is 9.59 Å². The zero-order valence-corrected chi connectivity index (χ0v) is 10.9. The molecule has 2 rings (SSSR count). The number of para-hydroxylation sites is 1. The number of carbonyl (C=O) groups is 2. The Kier molecular flexibility index (Phi) is 3.52. The summed E-state index contributed by atoms with van der Waals surface area (Å²) in [6.07, 6.45) is 0.315. The molecule has 0 radical (unpaired) electrons. The fourth-order valence-corrected chi connectivity index (χ4v) is 2.25. The number of benzene rings is 1. The Labute approximate surface area is 111 Å². The molecule has 0 aliphatic carbocycles. The first kappa shape index (κ1) is 13.1. The van der Waals surface area contributed by atoms with Crippen molar-refractivity contribution < 1.29 is 9.59 Å². The number of amides is 2. The second-order valence-corrected chi connectivity index (χ2v) is 4.64. The van der Waals surface area contributed by atoms with Gasteiger partial charge in [0.25, 0.3) is 0 Å². The van der Waals surface area contributed by atoms with Crippen molar-refractivity contribution >= 4 is 17.5 Å². The summed E-state index contributed by atoms with van der Waals surface area (Å²) in [5.41, 5.74) is 1.68. The number of fused-ring (bicyclic) bond motifs is 1. The Hall–Kier alpha value is -2.35. The molecule has 19 heavy (non-hydrogen) atoms. The average Bonchev–Trinajstić information content (AvgIpc) is 2.71. The van der Waals surface area contributed by atoms with Crippen molar-refractivity contribution in [3.05, 3.63) is 29.8 Å². The highest BCUT2D eigenvalue weighted by Gasteiger charge is 2.33. The Morgan fingerprint density at radius 1 is 1.53 bits per heavy atom. The van der Waals surface area contributed by atoms with Gasteiger partial charge in [0.15, 0.2) is 0 Å². The van der Waals surface area contributed by atoms with E-state index < -0.39 is 6.04 Å². The van der Waals surface area contributed by atoms with Crippen LogP contribution in [0.15, 0.2) is 24.3 Å². The van der Waals surface area contributed by atoms with Crippen LogP contribution in [-0.2, 0) is 9.59 Å². The van der Waals surface area contributed by atoms with E-state index in [-0.39, 0.29) is 17.7 Å². The normalized spacial score (nSPS) is 18.2. The zero-order valence-electron chi connectivity index (χ0n) is 10.9. The highest BCUT2D eigenvalue weighted by molar-refractivity contribution is 6.02. The van der Waals surface area contributed by atoms with Gasteiger partial charge < -0.3 is 10.2 Å². The van der Waals surface area contributed by atoms with E-state index in [4.69, 9.17) is 5.26 Å². The lowest BCUT2D eigenvalue weighted by molar-refractivity contribution is -0.129. The Balaban J connectivity index is 2.22. The van der Waals surface area contributed by atoms with Gasteiger partial charge in [-0.25, -0.2) is 0 Å². The molecule has 2 unspecified atom stereocenters. The van der Waals surface area contributed by atoms with Crippen LogP contribution in [0, 0.1) is 11.3 Å². The summed E-state index contributed by atoms with van der Waals surface area (Å²) in [5.74, 6) is -0.667. The Morgan fingerprint density at radius 2 is 2.21 bits per heavy atom. The molecule has 1 aliphatic heterocycles. The van der Waals surface area contributed by atoms with Crippen molar-refractivity contribution in [2.45, 2.75) is 25.3 Å². The van der Waals surface area contributed by atoms with Crippen LogP contribution in [0.4, 0.5) is 5.69 Å². The van der Waals surface area contributed by atoms with Gasteiger partial charge in [0.1, 0.15) is 6.04 Å². The van der Waals surface area contributed by atoms with Crippen molar-refractivity contribution in [2.24, 2.45) is 0 Å². The molecule has 5 heteroatoms. The summed E-state index contributed by atoms with van der Waals surface area (Å²) in [6, 6.07) is 8.92. The maximum Gasteiger partial charge on any atom is 0.232 e. The molecule has 0 bridgehead atoms. The number of anilines is 1. The monoisotopic (exact) mass is 257 g/mol. The first-order valence-corrected chi connectivity index (χ1v) is 6.07. The second-order valence-electron chi connectivity index (χ2n) is 4.64. The van der Waals surface area contributed by atoms with Gasteiger partial charge in [0.2, 0.25) is 11.8 Å². The lowest BCUT2D eigenvalue weighted by Gasteiger charge is -2.23. The first-order valence-electron chi connectivity index (χ1n) is 6.07. The predicted molar refractivity (Wildman–Crippen MR) is 70.3 cm³/mol. The molecular formula is C14H15N3O2. The number of rotatable bonds is 3. The van der Waals surface area contributed by atoms with Crippen LogP contribution in [0.3, 0.4) is 0 Å². The SMILES string of the molecule is CC(=O)N(C)C(C#N)CC1C(=O)Nc2ccccc21. The van der Waals surface area contributed by atoms with Crippen molar-refractivity contribution in [1.29, 1.82) is 5.26 Å². The number of nitriles is 1. The Morgan fingerprint density at radius 3 is 2.84 bits per heavy atom. The topological polar surface area (TPSA) is 73.2 Å². The molecule has 1 heterocycles. The van der Waals surface area contributed by atoms with E-state index in [0.29, 0.717) is 6.42 Å². The molecule has 1 aromatic carbocycles. The number of hydrogen-bond donors (Lipinski definition) is 1. The summed E-state index contributed by atoms with van der Waals surface area (Å²) >= 11 is 0. The minimum atomic E-state index is -0.598. The van der Waals surface area contributed by atoms with Gasteiger partial charge in [-0.15, -0.1) is 0 Å². The van der Waals surface area contributed by atoms with Crippen molar-refractivity contribution in [2.75, 3.05) is 12.4 Å². The lowest BCUT2D eigenvalue weighted by Crippen LogP contribution is -2.36. The van der Waals surface area contributed by atoms with E-state index >= 15 is 0 Å². The number of nitrogens with one attached hydrogen (secondary N) is 1. The minimum Gasteiger partial charge on any atom is -0.330 e. The zero-order chi connectivity index (χ0) is 14.0. The van der Waals surface area contributed by atoms with E-state index in [2.05, 4.69) is 11.4 Å². The van der Waals surface area contributed by atoms with Crippen LogP contribution in [0.25, 0.3) is 0 Å². The fourth-order valence-electron chi connectivity index (χ4n) is 2.25. The maximum absolute atomic E-state index is 12.0. The molecule has 0 fully saturated rings. The molecule has 2 amide bonds.